The minimum Gasteiger partial charge on any atom is -0.478 e. The molecule has 0 fully saturated rings. The Morgan fingerprint density at radius 3 is 2.39 bits per heavy atom. The van der Waals surface area contributed by atoms with Crippen LogP contribution >= 0.6 is 0 Å². The summed E-state index contributed by atoms with van der Waals surface area (Å²) < 4.78 is 13.6. The number of nitrogens with two attached hydrogens (primary N) is 1. The summed E-state index contributed by atoms with van der Waals surface area (Å²) in [6.45, 7) is 6.12. The summed E-state index contributed by atoms with van der Waals surface area (Å²) >= 11 is 0. The third kappa shape index (κ3) is 2.72. The second-order valence-corrected chi connectivity index (χ2v) is 4.79. The first-order valence-electron chi connectivity index (χ1n) is 5.80. The molecule has 100 valence electrons. The highest BCUT2D eigenvalue weighted by molar-refractivity contribution is 5.90. The lowest BCUT2D eigenvalue weighted by Gasteiger charge is -2.31. The molecule has 3 N–H and O–H groups in total. The van der Waals surface area contributed by atoms with E-state index in [1.165, 1.54) is 6.07 Å². The molecule has 0 bridgehead atoms. The van der Waals surface area contributed by atoms with Crippen LogP contribution in [0.5, 0.6) is 0 Å². The minimum absolute atomic E-state index is 0.169. The molecule has 18 heavy (non-hydrogen) atoms. The van der Waals surface area contributed by atoms with Gasteiger partial charge < -0.3 is 15.7 Å². The molecular weight excluding hydrogens is 235 g/mol. The fraction of sp³-hybridized carbons (Fsp3) is 0.462. The number of nitrogens with zero attached hydrogens (tertiary/aromatic N) is 1. The lowest BCUT2D eigenvalue weighted by molar-refractivity contribution is 0.0692. The van der Waals surface area contributed by atoms with Crippen molar-refractivity contribution in [2.45, 2.75) is 26.8 Å². The quantitative estimate of drug-likeness (QED) is 0.810. The number of nitrogen functional groups attached to an aromatic ring is 1. The smallest absolute Gasteiger partial charge is 0.338 e. The molecule has 0 heterocycles. The molecule has 1 unspecified atom stereocenters. The van der Waals surface area contributed by atoms with Crippen molar-refractivity contribution in [3.8, 4) is 0 Å². The van der Waals surface area contributed by atoms with Crippen LogP contribution in [-0.2, 0) is 0 Å². The van der Waals surface area contributed by atoms with Crippen molar-refractivity contribution >= 4 is 17.3 Å². The summed E-state index contributed by atoms with van der Waals surface area (Å²) in [4.78, 5) is 12.6. The Bertz CT molecular complexity index is 461. The summed E-state index contributed by atoms with van der Waals surface area (Å²) in [6.07, 6.45) is 0. The monoisotopic (exact) mass is 254 g/mol. The fourth-order valence-corrected chi connectivity index (χ4v) is 1.72. The normalized spacial score (nSPS) is 12.6. The number of benzene rings is 1. The van der Waals surface area contributed by atoms with Gasteiger partial charge in [0.1, 0.15) is 5.82 Å². The van der Waals surface area contributed by atoms with E-state index in [9.17, 15) is 9.18 Å². The highest BCUT2D eigenvalue weighted by Crippen LogP contribution is 2.28. The van der Waals surface area contributed by atoms with Gasteiger partial charge in [0.05, 0.1) is 16.9 Å². The van der Waals surface area contributed by atoms with Crippen molar-refractivity contribution in [2.24, 2.45) is 5.92 Å². The molecule has 1 rings (SSSR count). The Balaban J connectivity index is 3.19. The molecule has 0 radical (unpaired) electrons. The Hall–Kier alpha value is -1.78. The maximum atomic E-state index is 13.6. The van der Waals surface area contributed by atoms with Gasteiger partial charge in [0.15, 0.2) is 0 Å². The first-order valence-corrected chi connectivity index (χ1v) is 5.80. The predicted molar refractivity (Wildman–Crippen MR) is 70.5 cm³/mol. The van der Waals surface area contributed by atoms with Crippen molar-refractivity contribution < 1.29 is 14.3 Å². The van der Waals surface area contributed by atoms with Gasteiger partial charge in [-0.3, -0.25) is 0 Å². The van der Waals surface area contributed by atoms with Gasteiger partial charge in [-0.25, -0.2) is 9.18 Å². The molecule has 0 saturated heterocycles. The minimum atomic E-state index is -1.31. The van der Waals surface area contributed by atoms with E-state index in [1.807, 2.05) is 18.9 Å². The van der Waals surface area contributed by atoms with Crippen molar-refractivity contribution in [2.75, 3.05) is 17.7 Å². The average molecular weight is 254 g/mol. The number of carbonyl (C=O) groups is 1. The first kappa shape index (κ1) is 14.3. The lowest BCUT2D eigenvalue weighted by atomic mass is 10.0. The predicted octanol–water partition coefficient (Wildman–Crippen LogP) is 2.59. The van der Waals surface area contributed by atoms with Crippen LogP contribution in [0.15, 0.2) is 12.1 Å². The van der Waals surface area contributed by atoms with Crippen LogP contribution in [-0.4, -0.2) is 24.2 Å². The zero-order chi connectivity index (χ0) is 14.0. The summed E-state index contributed by atoms with van der Waals surface area (Å²) in [5.41, 5.74) is 6.17. The Morgan fingerprint density at radius 1 is 1.39 bits per heavy atom. The summed E-state index contributed by atoms with van der Waals surface area (Å²) in [6, 6.07) is 2.51. The molecule has 1 atom stereocenters. The van der Waals surface area contributed by atoms with Gasteiger partial charge in [-0.05, 0) is 18.9 Å². The van der Waals surface area contributed by atoms with Crippen LogP contribution in [0.25, 0.3) is 0 Å². The standard InChI is InChI=1S/C13H19FN2O2/c1-7(2)8(3)16(4)12-6-10(14)9(13(17)18)5-11(12)15/h5-8H,15H2,1-4H3,(H,17,18). The van der Waals surface area contributed by atoms with E-state index in [1.54, 1.807) is 0 Å². The third-order valence-electron chi connectivity index (χ3n) is 3.30. The molecular formula is C13H19FN2O2. The van der Waals surface area contributed by atoms with E-state index in [0.717, 1.165) is 6.07 Å². The van der Waals surface area contributed by atoms with Crippen LogP contribution in [0.4, 0.5) is 15.8 Å². The van der Waals surface area contributed by atoms with Gasteiger partial charge in [0, 0.05) is 19.2 Å². The summed E-state index contributed by atoms with van der Waals surface area (Å²) in [5, 5.41) is 8.81. The molecule has 0 aliphatic heterocycles. The van der Waals surface area contributed by atoms with Crippen molar-refractivity contribution in [3.63, 3.8) is 0 Å². The Morgan fingerprint density at radius 2 is 1.94 bits per heavy atom. The SMILES string of the molecule is CC(C)C(C)N(C)c1cc(F)c(C(=O)O)cc1N. The zero-order valence-corrected chi connectivity index (χ0v) is 11.1. The summed E-state index contributed by atoms with van der Waals surface area (Å²) in [7, 11) is 1.82. The van der Waals surface area contributed by atoms with Crippen LogP contribution in [0, 0.1) is 11.7 Å². The van der Waals surface area contributed by atoms with Gasteiger partial charge in [-0.2, -0.15) is 0 Å². The van der Waals surface area contributed by atoms with Gasteiger partial charge in [-0.1, -0.05) is 13.8 Å². The molecule has 0 aliphatic carbocycles. The molecule has 5 heteroatoms. The largest absolute Gasteiger partial charge is 0.478 e. The van der Waals surface area contributed by atoms with Gasteiger partial charge in [-0.15, -0.1) is 0 Å². The third-order valence-corrected chi connectivity index (χ3v) is 3.30. The van der Waals surface area contributed by atoms with Crippen molar-refractivity contribution in [1.29, 1.82) is 0 Å². The number of anilines is 2. The van der Waals surface area contributed by atoms with Crippen LogP contribution in [0.2, 0.25) is 0 Å². The number of hydrogen-bond acceptors (Lipinski definition) is 3. The zero-order valence-electron chi connectivity index (χ0n) is 11.1. The van der Waals surface area contributed by atoms with Gasteiger partial charge in [0.25, 0.3) is 0 Å². The second kappa shape index (κ2) is 5.25. The molecule has 4 nitrogen and oxygen atoms in total. The number of carboxylic acid groups (broad SMARTS) is 1. The van der Waals surface area contributed by atoms with E-state index < -0.39 is 17.3 Å². The molecule has 0 spiro atoms. The van der Waals surface area contributed by atoms with Crippen LogP contribution < -0.4 is 10.6 Å². The molecule has 0 aromatic heterocycles. The topological polar surface area (TPSA) is 66.6 Å². The van der Waals surface area contributed by atoms with Gasteiger partial charge in [0.2, 0.25) is 0 Å². The Kier molecular flexibility index (Phi) is 4.16. The van der Waals surface area contributed by atoms with E-state index >= 15 is 0 Å². The van der Waals surface area contributed by atoms with E-state index in [4.69, 9.17) is 10.8 Å². The van der Waals surface area contributed by atoms with E-state index in [0.29, 0.717) is 11.6 Å². The van der Waals surface area contributed by atoms with E-state index in [2.05, 4.69) is 13.8 Å². The van der Waals surface area contributed by atoms with Crippen molar-refractivity contribution in [1.82, 2.24) is 0 Å². The molecule has 1 aromatic carbocycles. The number of hydrogen-bond donors (Lipinski definition) is 2. The van der Waals surface area contributed by atoms with E-state index in [-0.39, 0.29) is 11.7 Å². The number of aromatic carboxylic acids is 1. The van der Waals surface area contributed by atoms with Crippen LogP contribution in [0.3, 0.4) is 0 Å². The highest BCUT2D eigenvalue weighted by Gasteiger charge is 2.19. The maximum Gasteiger partial charge on any atom is 0.338 e. The lowest BCUT2D eigenvalue weighted by Crippen LogP contribution is -2.33. The maximum absolute atomic E-state index is 13.6. The molecule has 0 aliphatic rings. The molecule has 0 amide bonds. The summed E-state index contributed by atoms with van der Waals surface area (Å²) in [5.74, 6) is -1.71. The second-order valence-electron chi connectivity index (χ2n) is 4.79. The molecule has 1 aromatic rings. The first-order chi connectivity index (χ1) is 8.25. The number of rotatable bonds is 4. The highest BCUT2D eigenvalue weighted by atomic mass is 19.1. The van der Waals surface area contributed by atoms with Gasteiger partial charge >= 0.3 is 5.97 Å². The average Bonchev–Trinajstić information content (AvgIpc) is 2.29. The van der Waals surface area contributed by atoms with Crippen molar-refractivity contribution in [3.05, 3.63) is 23.5 Å². The van der Waals surface area contributed by atoms with Crippen LogP contribution in [0.1, 0.15) is 31.1 Å². The Labute approximate surface area is 106 Å². The number of halogens is 1. The molecule has 0 saturated carbocycles. The fourth-order valence-electron chi connectivity index (χ4n) is 1.72. The number of carboxylic acids is 1.